The predicted octanol–water partition coefficient (Wildman–Crippen LogP) is 4.06. The average molecular weight is 459 g/mol. The molecule has 1 saturated heterocycles. The summed E-state index contributed by atoms with van der Waals surface area (Å²) in [5.41, 5.74) is 4.37. The van der Waals surface area contributed by atoms with E-state index in [2.05, 4.69) is 10.3 Å². The lowest BCUT2D eigenvalue weighted by atomic mass is 9.99. The Balaban J connectivity index is 1.61. The molecule has 1 atom stereocenters. The number of benzene rings is 2. The van der Waals surface area contributed by atoms with E-state index in [9.17, 15) is 9.59 Å². The van der Waals surface area contributed by atoms with Crippen LogP contribution in [0.5, 0.6) is 5.75 Å². The number of amides is 2. The van der Waals surface area contributed by atoms with Crippen LogP contribution in [0, 0.1) is 6.92 Å². The molecule has 0 radical (unpaired) electrons. The second-order valence-electron chi connectivity index (χ2n) is 8.43. The molecule has 1 unspecified atom stereocenters. The minimum absolute atomic E-state index is 0.00309. The molecule has 4 rings (SSSR count). The SMILES string of the molecule is COc1ccccc1C1CN(C(C)=O)CCN1C(=O)c1ccc(C)c(NCc2ccccn2)c1. The second kappa shape index (κ2) is 10.4. The van der Waals surface area contributed by atoms with Crippen molar-refractivity contribution in [2.45, 2.75) is 26.4 Å². The second-order valence-corrected chi connectivity index (χ2v) is 8.43. The number of carbonyl (C=O) groups is 2. The van der Waals surface area contributed by atoms with Crippen molar-refractivity contribution < 1.29 is 14.3 Å². The maximum absolute atomic E-state index is 13.7. The van der Waals surface area contributed by atoms with Gasteiger partial charge in [0.05, 0.1) is 25.4 Å². The lowest BCUT2D eigenvalue weighted by molar-refractivity contribution is -0.131. The third kappa shape index (κ3) is 5.03. The van der Waals surface area contributed by atoms with Crippen LogP contribution in [-0.4, -0.2) is 53.3 Å². The molecule has 2 amide bonds. The summed E-state index contributed by atoms with van der Waals surface area (Å²) in [6, 6.07) is 18.9. The summed E-state index contributed by atoms with van der Waals surface area (Å²) < 4.78 is 5.58. The summed E-state index contributed by atoms with van der Waals surface area (Å²) in [6.07, 6.45) is 1.77. The molecule has 7 nitrogen and oxygen atoms in total. The van der Waals surface area contributed by atoms with Crippen LogP contribution in [-0.2, 0) is 11.3 Å². The molecule has 0 aliphatic carbocycles. The van der Waals surface area contributed by atoms with E-state index in [4.69, 9.17) is 4.74 Å². The molecular weight excluding hydrogens is 428 g/mol. The Morgan fingerprint density at radius 3 is 2.62 bits per heavy atom. The van der Waals surface area contributed by atoms with Crippen molar-refractivity contribution in [1.29, 1.82) is 0 Å². The first-order chi connectivity index (χ1) is 16.5. The van der Waals surface area contributed by atoms with Crippen molar-refractivity contribution in [1.82, 2.24) is 14.8 Å². The zero-order chi connectivity index (χ0) is 24.1. The highest BCUT2D eigenvalue weighted by Gasteiger charge is 2.34. The van der Waals surface area contributed by atoms with Crippen LogP contribution in [0.25, 0.3) is 0 Å². The first-order valence-electron chi connectivity index (χ1n) is 11.4. The number of ether oxygens (including phenoxy) is 1. The minimum Gasteiger partial charge on any atom is -0.496 e. The summed E-state index contributed by atoms with van der Waals surface area (Å²) >= 11 is 0. The highest BCUT2D eigenvalue weighted by Crippen LogP contribution is 2.33. The minimum atomic E-state index is -0.299. The van der Waals surface area contributed by atoms with E-state index in [1.807, 2.05) is 72.5 Å². The van der Waals surface area contributed by atoms with Gasteiger partial charge in [-0.25, -0.2) is 0 Å². The maximum Gasteiger partial charge on any atom is 0.254 e. The largest absolute Gasteiger partial charge is 0.496 e. The Labute approximate surface area is 200 Å². The fraction of sp³-hybridized carbons (Fsp3) is 0.296. The van der Waals surface area contributed by atoms with Crippen LogP contribution in [0.1, 0.15) is 40.1 Å². The summed E-state index contributed by atoms with van der Waals surface area (Å²) in [4.78, 5) is 33.9. The molecule has 2 heterocycles. The first kappa shape index (κ1) is 23.3. The number of methoxy groups -OCH3 is 1. The van der Waals surface area contributed by atoms with E-state index in [0.717, 1.165) is 22.5 Å². The predicted molar refractivity (Wildman–Crippen MR) is 132 cm³/mol. The Morgan fingerprint density at radius 1 is 1.09 bits per heavy atom. The number of para-hydroxylation sites is 1. The van der Waals surface area contributed by atoms with Gasteiger partial charge >= 0.3 is 0 Å². The number of carbonyl (C=O) groups excluding carboxylic acids is 2. The van der Waals surface area contributed by atoms with Crippen molar-refractivity contribution in [3.05, 3.63) is 89.2 Å². The molecule has 0 spiro atoms. The van der Waals surface area contributed by atoms with Gasteiger partial charge in [0, 0.05) is 49.6 Å². The quantitative estimate of drug-likeness (QED) is 0.603. The highest BCUT2D eigenvalue weighted by molar-refractivity contribution is 5.96. The molecule has 176 valence electrons. The van der Waals surface area contributed by atoms with Crippen LogP contribution in [0.2, 0.25) is 0 Å². The molecule has 1 fully saturated rings. The zero-order valence-electron chi connectivity index (χ0n) is 19.8. The van der Waals surface area contributed by atoms with Gasteiger partial charge in [0.1, 0.15) is 5.75 Å². The number of hydrogen-bond donors (Lipinski definition) is 1. The number of anilines is 1. The Hall–Kier alpha value is -3.87. The van der Waals surface area contributed by atoms with E-state index in [0.29, 0.717) is 37.5 Å². The van der Waals surface area contributed by atoms with E-state index >= 15 is 0 Å². The normalized spacial score (nSPS) is 15.7. The van der Waals surface area contributed by atoms with E-state index in [1.165, 1.54) is 0 Å². The van der Waals surface area contributed by atoms with Gasteiger partial charge in [-0.3, -0.25) is 14.6 Å². The fourth-order valence-electron chi connectivity index (χ4n) is 4.32. The van der Waals surface area contributed by atoms with Crippen molar-refractivity contribution in [2.24, 2.45) is 0 Å². The van der Waals surface area contributed by atoms with Gasteiger partial charge in [0.2, 0.25) is 5.91 Å². The van der Waals surface area contributed by atoms with Gasteiger partial charge in [-0.05, 0) is 42.8 Å². The molecule has 34 heavy (non-hydrogen) atoms. The molecule has 3 aromatic rings. The highest BCUT2D eigenvalue weighted by atomic mass is 16.5. The number of aryl methyl sites for hydroxylation is 1. The standard InChI is InChI=1S/C27H30N4O3/c1-19-11-12-21(16-24(19)29-17-22-8-6-7-13-28-22)27(33)31-15-14-30(20(2)32)18-25(31)23-9-4-5-10-26(23)34-3/h4-13,16,25,29H,14-15,17-18H2,1-3H3. The van der Waals surface area contributed by atoms with Gasteiger partial charge in [-0.2, -0.15) is 0 Å². The monoisotopic (exact) mass is 458 g/mol. The van der Waals surface area contributed by atoms with Gasteiger partial charge < -0.3 is 19.9 Å². The summed E-state index contributed by atoms with van der Waals surface area (Å²) in [7, 11) is 1.62. The Bertz CT molecular complexity index is 1170. The van der Waals surface area contributed by atoms with Crippen LogP contribution in [0.15, 0.2) is 66.9 Å². The number of hydrogen-bond acceptors (Lipinski definition) is 5. The first-order valence-corrected chi connectivity index (χ1v) is 11.4. The lowest BCUT2D eigenvalue weighted by Crippen LogP contribution is -2.52. The molecule has 1 aromatic heterocycles. The molecule has 1 aliphatic heterocycles. The molecule has 2 aromatic carbocycles. The number of rotatable bonds is 6. The van der Waals surface area contributed by atoms with Gasteiger partial charge in [0.25, 0.3) is 5.91 Å². The molecule has 0 saturated carbocycles. The van der Waals surface area contributed by atoms with Crippen LogP contribution in [0.4, 0.5) is 5.69 Å². The van der Waals surface area contributed by atoms with Crippen LogP contribution >= 0.6 is 0 Å². The Kier molecular flexibility index (Phi) is 7.11. The smallest absolute Gasteiger partial charge is 0.254 e. The van der Waals surface area contributed by atoms with Gasteiger partial charge in [-0.1, -0.05) is 30.3 Å². The van der Waals surface area contributed by atoms with E-state index < -0.39 is 0 Å². The average Bonchev–Trinajstić information content (AvgIpc) is 2.88. The fourth-order valence-corrected chi connectivity index (χ4v) is 4.32. The van der Waals surface area contributed by atoms with Crippen LogP contribution < -0.4 is 10.1 Å². The third-order valence-electron chi connectivity index (χ3n) is 6.26. The van der Waals surface area contributed by atoms with Crippen molar-refractivity contribution in [3.63, 3.8) is 0 Å². The molecule has 1 N–H and O–H groups in total. The summed E-state index contributed by atoms with van der Waals surface area (Å²) in [5, 5.41) is 3.40. The number of nitrogens with one attached hydrogen (secondary N) is 1. The van der Waals surface area contributed by atoms with Crippen molar-refractivity contribution in [2.75, 3.05) is 32.1 Å². The number of aromatic nitrogens is 1. The topological polar surface area (TPSA) is 74.8 Å². The molecule has 1 aliphatic rings. The van der Waals surface area contributed by atoms with Crippen molar-refractivity contribution >= 4 is 17.5 Å². The number of pyridine rings is 1. The number of piperazine rings is 1. The third-order valence-corrected chi connectivity index (χ3v) is 6.26. The van der Waals surface area contributed by atoms with Crippen molar-refractivity contribution in [3.8, 4) is 5.75 Å². The number of nitrogens with zero attached hydrogens (tertiary/aromatic N) is 3. The summed E-state index contributed by atoms with van der Waals surface area (Å²) in [5.74, 6) is 0.639. The Morgan fingerprint density at radius 2 is 1.88 bits per heavy atom. The maximum atomic E-state index is 13.7. The van der Waals surface area contributed by atoms with Gasteiger partial charge in [0.15, 0.2) is 0 Å². The molecule has 0 bridgehead atoms. The lowest BCUT2D eigenvalue weighted by Gasteiger charge is -2.41. The summed E-state index contributed by atoms with van der Waals surface area (Å²) in [6.45, 7) is 5.53. The molecular formula is C27H30N4O3. The van der Waals surface area contributed by atoms with E-state index in [1.54, 1.807) is 25.1 Å². The zero-order valence-corrected chi connectivity index (χ0v) is 19.8. The van der Waals surface area contributed by atoms with Crippen LogP contribution in [0.3, 0.4) is 0 Å². The molecule has 7 heteroatoms. The van der Waals surface area contributed by atoms with E-state index in [-0.39, 0.29) is 17.9 Å². The van der Waals surface area contributed by atoms with Gasteiger partial charge in [-0.15, -0.1) is 0 Å².